The zero-order chi connectivity index (χ0) is 20.1. The van der Waals surface area contributed by atoms with Gasteiger partial charge in [-0.1, -0.05) is 0 Å². The van der Waals surface area contributed by atoms with Gasteiger partial charge in [0.2, 0.25) is 0 Å². The smallest absolute Gasteiger partial charge is 0.187 e. The second-order valence-corrected chi connectivity index (χ2v) is 6.80. The summed E-state index contributed by atoms with van der Waals surface area (Å²) < 4.78 is 21.3. The van der Waals surface area contributed by atoms with E-state index in [0.717, 1.165) is 0 Å². The van der Waals surface area contributed by atoms with Gasteiger partial charge in [0.25, 0.3) is 0 Å². The summed E-state index contributed by atoms with van der Waals surface area (Å²) in [5.41, 5.74) is 0. The first-order valence-electron chi connectivity index (χ1n) is 8.61. The maximum absolute atomic E-state index is 10.4. The number of hydrogen-bond donors (Lipinski definition) is 7. The maximum atomic E-state index is 10.4. The van der Waals surface area contributed by atoms with Crippen LogP contribution in [0, 0.1) is 0 Å². The summed E-state index contributed by atoms with van der Waals surface area (Å²) in [5.74, 6) is 0.331. The first-order chi connectivity index (χ1) is 12.8. The highest BCUT2D eigenvalue weighted by Crippen LogP contribution is 2.29. The van der Waals surface area contributed by atoms with Gasteiger partial charge in [-0.25, -0.2) is 0 Å². The van der Waals surface area contributed by atoms with E-state index < -0.39 is 74.6 Å². The number of rotatable bonds is 8. The Morgan fingerprint density at radius 3 is 1.93 bits per heavy atom. The molecule has 2 aliphatic rings. The minimum atomic E-state index is -1.70. The number of aliphatic hydroxyl groups excluding tert-OH is 7. The normalized spacial score (nSPS) is 45.8. The van der Waals surface area contributed by atoms with Gasteiger partial charge in [-0.3, -0.25) is 0 Å². The van der Waals surface area contributed by atoms with Crippen LogP contribution in [0.4, 0.5) is 0 Å². The van der Waals surface area contributed by atoms with E-state index in [-0.39, 0.29) is 6.61 Å². The molecule has 0 spiro atoms. The van der Waals surface area contributed by atoms with Gasteiger partial charge in [0.05, 0.1) is 19.8 Å². The third-order valence-corrected chi connectivity index (χ3v) is 4.79. The number of aliphatic hydroxyl groups is 7. The van der Waals surface area contributed by atoms with Crippen molar-refractivity contribution in [1.29, 1.82) is 0 Å². The number of alkyl halides is 1. The number of halogens is 1. The lowest BCUT2D eigenvalue weighted by atomic mass is 9.97. The fourth-order valence-electron chi connectivity index (χ4n) is 2.95. The first kappa shape index (κ1) is 23.1. The van der Waals surface area contributed by atoms with Crippen LogP contribution in [0.2, 0.25) is 0 Å². The minimum absolute atomic E-state index is 0.161. The molecule has 0 aromatic rings. The summed E-state index contributed by atoms with van der Waals surface area (Å²) in [4.78, 5) is 0. The first-order valence-corrected chi connectivity index (χ1v) is 9.15. The molecule has 12 heteroatoms. The summed E-state index contributed by atoms with van der Waals surface area (Å²) in [5, 5.41) is 68.9. The molecule has 10 atom stereocenters. The molecule has 27 heavy (non-hydrogen) atoms. The Morgan fingerprint density at radius 2 is 1.33 bits per heavy atom. The zero-order valence-electron chi connectivity index (χ0n) is 14.5. The molecule has 2 saturated heterocycles. The molecule has 0 saturated carbocycles. The Kier molecular flexibility index (Phi) is 9.06. The Balaban J connectivity index is 2.06. The lowest BCUT2D eigenvalue weighted by Crippen LogP contribution is -2.64. The molecule has 0 amide bonds. The second-order valence-electron chi connectivity index (χ2n) is 6.42. The molecule has 11 nitrogen and oxygen atoms in total. The van der Waals surface area contributed by atoms with Gasteiger partial charge in [0.1, 0.15) is 48.8 Å². The quantitative estimate of drug-likeness (QED) is 0.152. The van der Waals surface area contributed by atoms with Crippen molar-refractivity contribution in [2.24, 2.45) is 0 Å². The molecule has 2 fully saturated rings. The van der Waals surface area contributed by atoms with E-state index in [9.17, 15) is 35.7 Å². The predicted octanol–water partition coefficient (Wildman–Crippen LogP) is -3.74. The maximum Gasteiger partial charge on any atom is 0.187 e. The molecule has 7 N–H and O–H groups in total. The zero-order valence-corrected chi connectivity index (χ0v) is 15.2. The summed E-state index contributed by atoms with van der Waals surface area (Å²) >= 11 is 5.54. The molecule has 0 aromatic heterocycles. The minimum Gasteiger partial charge on any atom is -0.394 e. The van der Waals surface area contributed by atoms with E-state index in [0.29, 0.717) is 12.3 Å². The lowest BCUT2D eigenvalue weighted by Gasteiger charge is -2.45. The van der Waals surface area contributed by atoms with Gasteiger partial charge in [-0.05, 0) is 6.42 Å². The summed E-state index contributed by atoms with van der Waals surface area (Å²) in [6.07, 6.45) is -14.1. The highest BCUT2D eigenvalue weighted by molar-refractivity contribution is 6.17. The van der Waals surface area contributed by atoms with Crippen molar-refractivity contribution in [1.82, 2.24) is 0 Å². The van der Waals surface area contributed by atoms with E-state index in [1.807, 2.05) is 0 Å². The van der Waals surface area contributed by atoms with Gasteiger partial charge in [0, 0.05) is 5.88 Å². The van der Waals surface area contributed by atoms with Crippen molar-refractivity contribution in [2.75, 3.05) is 25.7 Å². The van der Waals surface area contributed by atoms with Gasteiger partial charge >= 0.3 is 0 Å². The molecular weight excluding hydrogens is 392 g/mol. The van der Waals surface area contributed by atoms with Crippen LogP contribution in [0.25, 0.3) is 0 Å². The molecule has 4 unspecified atom stereocenters. The van der Waals surface area contributed by atoms with Crippen LogP contribution in [0.5, 0.6) is 0 Å². The third-order valence-electron chi connectivity index (χ3n) is 4.52. The molecule has 0 aliphatic carbocycles. The van der Waals surface area contributed by atoms with Gasteiger partial charge < -0.3 is 54.7 Å². The van der Waals surface area contributed by atoms with Gasteiger partial charge in [-0.15, -0.1) is 11.6 Å². The highest BCUT2D eigenvalue weighted by atomic mass is 35.5. The van der Waals surface area contributed by atoms with Crippen LogP contribution < -0.4 is 0 Å². The van der Waals surface area contributed by atoms with E-state index in [1.54, 1.807) is 0 Å². The average molecular weight is 419 g/mol. The van der Waals surface area contributed by atoms with Gasteiger partial charge in [-0.2, -0.15) is 0 Å². The van der Waals surface area contributed by atoms with Crippen LogP contribution in [0.1, 0.15) is 6.42 Å². The summed E-state index contributed by atoms with van der Waals surface area (Å²) in [6, 6.07) is 0. The van der Waals surface area contributed by atoms with Crippen molar-refractivity contribution in [2.45, 2.75) is 67.8 Å². The van der Waals surface area contributed by atoms with E-state index >= 15 is 0 Å². The fourth-order valence-corrected chi connectivity index (χ4v) is 3.06. The lowest BCUT2D eigenvalue weighted by molar-refractivity contribution is -0.359. The molecular formula is C15H27ClO11. The monoisotopic (exact) mass is 418 g/mol. The van der Waals surface area contributed by atoms with Crippen molar-refractivity contribution in [3.8, 4) is 0 Å². The molecule has 2 aliphatic heterocycles. The Labute approximate surface area is 160 Å². The molecule has 2 heterocycles. The molecule has 0 bridgehead atoms. The standard InChI is InChI=1S/C15H27ClO11/c16-2-1-3-24-14-12(23)10(21)13(7(5-18)26-14)27-15-11(22)9(20)8(19)6(4-17)25-15/h6-15,17-23H,1-5H2/t6?,7?,8-,9-,10+,11?,12?,13+,14+,15-/m0/s1. The topological polar surface area (TPSA) is 179 Å². The Hall–Kier alpha value is -0.150. The van der Waals surface area contributed by atoms with Crippen LogP contribution >= 0.6 is 11.6 Å². The van der Waals surface area contributed by atoms with Gasteiger partial charge in [0.15, 0.2) is 12.6 Å². The molecule has 0 radical (unpaired) electrons. The summed E-state index contributed by atoms with van der Waals surface area (Å²) in [7, 11) is 0. The fraction of sp³-hybridized carbons (Fsp3) is 1.00. The predicted molar refractivity (Wildman–Crippen MR) is 87.7 cm³/mol. The summed E-state index contributed by atoms with van der Waals surface area (Å²) in [6.45, 7) is -1.10. The van der Waals surface area contributed by atoms with Crippen molar-refractivity contribution in [3.05, 3.63) is 0 Å². The molecule has 2 rings (SSSR count). The van der Waals surface area contributed by atoms with Crippen molar-refractivity contribution in [3.63, 3.8) is 0 Å². The molecule has 0 aromatic carbocycles. The van der Waals surface area contributed by atoms with Crippen LogP contribution in [-0.4, -0.2) is 123 Å². The van der Waals surface area contributed by atoms with Crippen LogP contribution in [0.3, 0.4) is 0 Å². The van der Waals surface area contributed by atoms with E-state index in [4.69, 9.17) is 30.5 Å². The molecule has 160 valence electrons. The van der Waals surface area contributed by atoms with Crippen molar-refractivity contribution >= 4 is 11.6 Å². The van der Waals surface area contributed by atoms with Crippen LogP contribution in [-0.2, 0) is 18.9 Å². The largest absolute Gasteiger partial charge is 0.394 e. The number of ether oxygens (including phenoxy) is 4. The number of hydrogen-bond acceptors (Lipinski definition) is 11. The second kappa shape index (κ2) is 10.6. The van der Waals surface area contributed by atoms with Crippen LogP contribution in [0.15, 0.2) is 0 Å². The Morgan fingerprint density at radius 1 is 0.741 bits per heavy atom. The third kappa shape index (κ3) is 5.26. The Bertz CT molecular complexity index is 440. The SMILES string of the molecule is OCC1O[C@@H](OCCCCl)C(O)[C@@H](O)[C@@H]1O[C@@H]1OC(CO)[C@H](O)[C@H](O)C1O. The highest BCUT2D eigenvalue weighted by Gasteiger charge is 2.50. The van der Waals surface area contributed by atoms with Crippen molar-refractivity contribution < 1.29 is 54.7 Å². The van der Waals surface area contributed by atoms with E-state index in [2.05, 4.69) is 0 Å². The average Bonchev–Trinajstić information content (AvgIpc) is 2.67. The van der Waals surface area contributed by atoms with E-state index in [1.165, 1.54) is 0 Å².